The van der Waals surface area contributed by atoms with E-state index >= 15 is 0 Å². The van der Waals surface area contributed by atoms with Gasteiger partial charge >= 0.3 is 0 Å². The maximum atomic E-state index is 9.60. The number of aliphatic hydroxyl groups is 1. The van der Waals surface area contributed by atoms with E-state index in [4.69, 9.17) is 5.73 Å². The van der Waals surface area contributed by atoms with E-state index in [1.165, 1.54) is 5.56 Å². The Labute approximate surface area is 92.1 Å². The molecule has 0 fully saturated rings. The Bertz CT molecular complexity index is 295. The van der Waals surface area contributed by atoms with Crippen molar-refractivity contribution in [3.8, 4) is 0 Å². The monoisotopic (exact) mass is 207 g/mol. The lowest BCUT2D eigenvalue weighted by Gasteiger charge is -2.16. The number of benzene rings is 1. The molecule has 0 saturated carbocycles. The van der Waals surface area contributed by atoms with Gasteiger partial charge in [0.15, 0.2) is 0 Å². The minimum Gasteiger partial charge on any atom is -0.390 e. The summed E-state index contributed by atoms with van der Waals surface area (Å²) >= 11 is 0. The Morgan fingerprint density at radius 3 is 2.20 bits per heavy atom. The van der Waals surface area contributed by atoms with Crippen LogP contribution in [0.25, 0.3) is 0 Å². The molecule has 15 heavy (non-hydrogen) atoms. The Kier molecular flexibility index (Phi) is 3.89. The summed E-state index contributed by atoms with van der Waals surface area (Å²) in [5.41, 5.74) is 7.59. The normalized spacial score (nSPS) is 13.9. The zero-order valence-corrected chi connectivity index (χ0v) is 9.83. The van der Waals surface area contributed by atoms with Gasteiger partial charge in [-0.3, -0.25) is 0 Å². The zero-order valence-electron chi connectivity index (χ0n) is 9.83. The fourth-order valence-electron chi connectivity index (χ4n) is 1.44. The Hall–Kier alpha value is -0.860. The minimum absolute atomic E-state index is 0.0910. The third-order valence-corrected chi connectivity index (χ3v) is 2.53. The SMILES string of the molecule is CC(N)c1ccc(CCC(C)(C)O)cc1. The second kappa shape index (κ2) is 4.77. The van der Waals surface area contributed by atoms with Gasteiger partial charge in [-0.05, 0) is 44.7 Å². The molecule has 1 atom stereocenters. The largest absolute Gasteiger partial charge is 0.390 e. The van der Waals surface area contributed by atoms with Crippen molar-refractivity contribution in [3.05, 3.63) is 35.4 Å². The lowest BCUT2D eigenvalue weighted by molar-refractivity contribution is 0.0714. The number of hydrogen-bond donors (Lipinski definition) is 2. The van der Waals surface area contributed by atoms with Gasteiger partial charge in [-0.1, -0.05) is 24.3 Å². The first-order chi connectivity index (χ1) is 6.88. The van der Waals surface area contributed by atoms with Crippen LogP contribution >= 0.6 is 0 Å². The van der Waals surface area contributed by atoms with Gasteiger partial charge in [0.2, 0.25) is 0 Å². The van der Waals surface area contributed by atoms with Crippen molar-refractivity contribution < 1.29 is 5.11 Å². The summed E-state index contributed by atoms with van der Waals surface area (Å²) in [6, 6.07) is 8.39. The predicted molar refractivity (Wildman–Crippen MR) is 63.7 cm³/mol. The van der Waals surface area contributed by atoms with Gasteiger partial charge < -0.3 is 10.8 Å². The van der Waals surface area contributed by atoms with Crippen LogP contribution in [-0.2, 0) is 6.42 Å². The fourth-order valence-corrected chi connectivity index (χ4v) is 1.44. The molecule has 0 bridgehead atoms. The molecule has 0 saturated heterocycles. The third kappa shape index (κ3) is 4.45. The summed E-state index contributed by atoms with van der Waals surface area (Å²) in [5, 5.41) is 9.60. The highest BCUT2D eigenvalue weighted by Gasteiger charge is 2.11. The van der Waals surface area contributed by atoms with Gasteiger partial charge in [-0.15, -0.1) is 0 Å². The average Bonchev–Trinajstić information content (AvgIpc) is 2.14. The van der Waals surface area contributed by atoms with Gasteiger partial charge in [-0.25, -0.2) is 0 Å². The van der Waals surface area contributed by atoms with Gasteiger partial charge in [0.05, 0.1) is 5.60 Å². The highest BCUT2D eigenvalue weighted by atomic mass is 16.3. The van der Waals surface area contributed by atoms with E-state index < -0.39 is 5.60 Å². The summed E-state index contributed by atoms with van der Waals surface area (Å²) in [7, 11) is 0. The molecule has 0 heterocycles. The molecule has 2 heteroatoms. The van der Waals surface area contributed by atoms with E-state index in [2.05, 4.69) is 24.3 Å². The molecule has 2 nitrogen and oxygen atoms in total. The van der Waals surface area contributed by atoms with Crippen LogP contribution in [0.2, 0.25) is 0 Å². The molecule has 1 rings (SSSR count). The van der Waals surface area contributed by atoms with Crippen molar-refractivity contribution in [1.29, 1.82) is 0 Å². The van der Waals surface area contributed by atoms with Gasteiger partial charge in [0.1, 0.15) is 0 Å². The molecule has 0 aliphatic carbocycles. The summed E-state index contributed by atoms with van der Waals surface area (Å²) in [5.74, 6) is 0. The Morgan fingerprint density at radius 1 is 1.27 bits per heavy atom. The lowest BCUT2D eigenvalue weighted by atomic mass is 9.97. The van der Waals surface area contributed by atoms with Gasteiger partial charge in [0.25, 0.3) is 0 Å². The maximum Gasteiger partial charge on any atom is 0.0594 e. The topological polar surface area (TPSA) is 46.2 Å². The van der Waals surface area contributed by atoms with Crippen molar-refractivity contribution in [2.24, 2.45) is 5.73 Å². The number of rotatable bonds is 4. The van der Waals surface area contributed by atoms with Gasteiger partial charge in [-0.2, -0.15) is 0 Å². The molecule has 0 radical (unpaired) electrons. The standard InChI is InChI=1S/C13H21NO/c1-10(14)12-6-4-11(5-7-12)8-9-13(2,3)15/h4-7,10,15H,8-9,14H2,1-3H3. The van der Waals surface area contributed by atoms with Crippen LogP contribution in [0.1, 0.15) is 44.4 Å². The third-order valence-electron chi connectivity index (χ3n) is 2.53. The van der Waals surface area contributed by atoms with Crippen LogP contribution in [0.3, 0.4) is 0 Å². The first-order valence-electron chi connectivity index (χ1n) is 5.45. The number of aryl methyl sites for hydroxylation is 1. The Balaban J connectivity index is 2.57. The van der Waals surface area contributed by atoms with Gasteiger partial charge in [0, 0.05) is 6.04 Å². The van der Waals surface area contributed by atoms with Crippen LogP contribution in [-0.4, -0.2) is 10.7 Å². The molecular weight excluding hydrogens is 186 g/mol. The van der Waals surface area contributed by atoms with E-state index in [0.717, 1.165) is 18.4 Å². The van der Waals surface area contributed by atoms with Crippen LogP contribution in [0, 0.1) is 0 Å². The number of hydrogen-bond acceptors (Lipinski definition) is 2. The minimum atomic E-state index is -0.584. The highest BCUT2D eigenvalue weighted by molar-refractivity contribution is 5.24. The fraction of sp³-hybridized carbons (Fsp3) is 0.538. The second-order valence-corrected chi connectivity index (χ2v) is 4.84. The van der Waals surface area contributed by atoms with Crippen molar-refractivity contribution in [2.75, 3.05) is 0 Å². The molecule has 0 aliphatic heterocycles. The van der Waals surface area contributed by atoms with E-state index in [0.29, 0.717) is 0 Å². The molecule has 1 unspecified atom stereocenters. The lowest BCUT2D eigenvalue weighted by Crippen LogP contribution is -2.19. The molecule has 84 valence electrons. The second-order valence-electron chi connectivity index (χ2n) is 4.84. The molecular formula is C13H21NO. The smallest absolute Gasteiger partial charge is 0.0594 e. The quantitative estimate of drug-likeness (QED) is 0.796. The molecule has 0 amide bonds. The van der Waals surface area contributed by atoms with Crippen molar-refractivity contribution in [2.45, 2.75) is 45.3 Å². The summed E-state index contributed by atoms with van der Waals surface area (Å²) in [6.45, 7) is 5.65. The van der Waals surface area contributed by atoms with E-state index in [-0.39, 0.29) is 6.04 Å². The van der Waals surface area contributed by atoms with Crippen LogP contribution in [0.4, 0.5) is 0 Å². The molecule has 3 N–H and O–H groups in total. The van der Waals surface area contributed by atoms with E-state index in [1.54, 1.807) is 0 Å². The van der Waals surface area contributed by atoms with Crippen molar-refractivity contribution in [3.63, 3.8) is 0 Å². The average molecular weight is 207 g/mol. The molecule has 0 aromatic heterocycles. The van der Waals surface area contributed by atoms with Crippen LogP contribution in [0.15, 0.2) is 24.3 Å². The van der Waals surface area contributed by atoms with E-state index in [1.807, 2.05) is 20.8 Å². The zero-order chi connectivity index (χ0) is 11.5. The molecule has 1 aromatic rings. The predicted octanol–water partition coefficient (Wildman–Crippen LogP) is 2.41. The molecule has 0 spiro atoms. The molecule has 1 aromatic carbocycles. The summed E-state index contributed by atoms with van der Waals surface area (Å²) in [6.07, 6.45) is 1.69. The van der Waals surface area contributed by atoms with Crippen LogP contribution < -0.4 is 5.73 Å². The maximum absolute atomic E-state index is 9.60. The first-order valence-corrected chi connectivity index (χ1v) is 5.45. The number of nitrogens with two attached hydrogens (primary N) is 1. The first kappa shape index (κ1) is 12.2. The van der Waals surface area contributed by atoms with Crippen LogP contribution in [0.5, 0.6) is 0 Å². The van der Waals surface area contributed by atoms with Crippen molar-refractivity contribution >= 4 is 0 Å². The highest BCUT2D eigenvalue weighted by Crippen LogP contribution is 2.15. The molecule has 0 aliphatic rings. The van der Waals surface area contributed by atoms with Crippen molar-refractivity contribution in [1.82, 2.24) is 0 Å². The summed E-state index contributed by atoms with van der Waals surface area (Å²) in [4.78, 5) is 0. The van der Waals surface area contributed by atoms with E-state index in [9.17, 15) is 5.11 Å². The summed E-state index contributed by atoms with van der Waals surface area (Å²) < 4.78 is 0. The Morgan fingerprint density at radius 2 is 1.80 bits per heavy atom.